The van der Waals surface area contributed by atoms with Gasteiger partial charge in [0, 0.05) is 24.8 Å². The number of hydrogen-bond donors (Lipinski definition) is 1. The Morgan fingerprint density at radius 2 is 1.83 bits per heavy atom. The molecule has 29 heavy (non-hydrogen) atoms. The van der Waals surface area contributed by atoms with Gasteiger partial charge < -0.3 is 19.0 Å². The molecule has 0 bridgehead atoms. The first-order valence-electron chi connectivity index (χ1n) is 10.2. The van der Waals surface area contributed by atoms with Crippen LogP contribution in [-0.2, 0) is 22.4 Å². The SMILES string of the molecule is CCCCOc1ccc(Cc2cc3cc(CC(OCC)C(=O)O)ccc3o2)cc1. The van der Waals surface area contributed by atoms with Crippen molar-refractivity contribution in [1.82, 2.24) is 0 Å². The van der Waals surface area contributed by atoms with Gasteiger partial charge in [0.1, 0.15) is 17.1 Å². The van der Waals surface area contributed by atoms with Gasteiger partial charge in [-0.3, -0.25) is 0 Å². The zero-order valence-electron chi connectivity index (χ0n) is 17.0. The Morgan fingerprint density at radius 3 is 2.52 bits per heavy atom. The fourth-order valence-electron chi connectivity index (χ4n) is 3.23. The van der Waals surface area contributed by atoms with Gasteiger partial charge in [0.15, 0.2) is 6.10 Å². The number of rotatable bonds is 11. The summed E-state index contributed by atoms with van der Waals surface area (Å²) in [6.07, 6.45) is 2.37. The number of benzene rings is 2. The Balaban J connectivity index is 1.67. The fraction of sp³-hybridized carbons (Fsp3) is 0.375. The molecule has 0 spiro atoms. The molecule has 2 aromatic carbocycles. The number of carboxylic acid groups (broad SMARTS) is 1. The zero-order valence-corrected chi connectivity index (χ0v) is 17.0. The molecule has 0 amide bonds. The first-order chi connectivity index (χ1) is 14.1. The number of fused-ring (bicyclic) bond motifs is 1. The molecule has 0 aliphatic heterocycles. The second kappa shape index (κ2) is 10.1. The number of unbranched alkanes of at least 4 members (excludes halogenated alkanes) is 1. The van der Waals surface area contributed by atoms with Gasteiger partial charge in [0.25, 0.3) is 0 Å². The van der Waals surface area contributed by atoms with Crippen LogP contribution in [0.2, 0.25) is 0 Å². The number of ether oxygens (including phenoxy) is 2. The van der Waals surface area contributed by atoms with E-state index in [4.69, 9.17) is 13.9 Å². The molecule has 3 rings (SSSR count). The topological polar surface area (TPSA) is 68.9 Å². The molecule has 1 atom stereocenters. The Labute approximate surface area is 171 Å². The van der Waals surface area contributed by atoms with Crippen LogP contribution in [0.3, 0.4) is 0 Å². The molecule has 5 heteroatoms. The first kappa shape index (κ1) is 20.9. The molecule has 1 heterocycles. The van der Waals surface area contributed by atoms with Crippen LogP contribution in [0.15, 0.2) is 52.9 Å². The lowest BCUT2D eigenvalue weighted by molar-refractivity contribution is -0.149. The molecule has 0 aliphatic rings. The van der Waals surface area contributed by atoms with E-state index in [9.17, 15) is 9.90 Å². The van der Waals surface area contributed by atoms with E-state index in [1.165, 1.54) is 0 Å². The van der Waals surface area contributed by atoms with Gasteiger partial charge in [-0.2, -0.15) is 0 Å². The van der Waals surface area contributed by atoms with Gasteiger partial charge in [-0.05, 0) is 54.8 Å². The van der Waals surface area contributed by atoms with Gasteiger partial charge in [-0.15, -0.1) is 0 Å². The van der Waals surface area contributed by atoms with E-state index >= 15 is 0 Å². The smallest absolute Gasteiger partial charge is 0.333 e. The van der Waals surface area contributed by atoms with Crippen LogP contribution >= 0.6 is 0 Å². The van der Waals surface area contributed by atoms with E-state index in [1.807, 2.05) is 36.4 Å². The zero-order chi connectivity index (χ0) is 20.6. The van der Waals surface area contributed by atoms with E-state index in [2.05, 4.69) is 19.1 Å². The van der Waals surface area contributed by atoms with E-state index < -0.39 is 12.1 Å². The summed E-state index contributed by atoms with van der Waals surface area (Å²) in [5.74, 6) is 0.817. The van der Waals surface area contributed by atoms with Crippen LogP contribution in [0.4, 0.5) is 0 Å². The number of hydrogen-bond acceptors (Lipinski definition) is 4. The Kier molecular flexibility index (Phi) is 7.30. The summed E-state index contributed by atoms with van der Waals surface area (Å²) in [5, 5.41) is 10.2. The Bertz CT molecular complexity index is 926. The van der Waals surface area contributed by atoms with Crippen molar-refractivity contribution in [2.24, 2.45) is 0 Å². The highest BCUT2D eigenvalue weighted by atomic mass is 16.5. The van der Waals surface area contributed by atoms with Crippen LogP contribution in [-0.4, -0.2) is 30.4 Å². The first-order valence-corrected chi connectivity index (χ1v) is 10.2. The van der Waals surface area contributed by atoms with Crippen molar-refractivity contribution in [3.8, 4) is 5.75 Å². The highest BCUT2D eigenvalue weighted by Crippen LogP contribution is 2.24. The Morgan fingerprint density at radius 1 is 1.07 bits per heavy atom. The summed E-state index contributed by atoms with van der Waals surface area (Å²) >= 11 is 0. The summed E-state index contributed by atoms with van der Waals surface area (Å²) in [4.78, 5) is 11.3. The lowest BCUT2D eigenvalue weighted by Gasteiger charge is -2.12. The minimum atomic E-state index is -0.943. The summed E-state index contributed by atoms with van der Waals surface area (Å²) in [6.45, 7) is 5.06. The molecule has 3 aromatic rings. The number of carboxylic acids is 1. The third-order valence-corrected chi connectivity index (χ3v) is 4.76. The third-order valence-electron chi connectivity index (χ3n) is 4.76. The van der Waals surface area contributed by atoms with Crippen molar-refractivity contribution in [1.29, 1.82) is 0 Å². The molecule has 1 N–H and O–H groups in total. The molecule has 1 unspecified atom stereocenters. The molecular formula is C24H28O5. The molecule has 5 nitrogen and oxygen atoms in total. The third kappa shape index (κ3) is 5.84. The number of carbonyl (C=O) groups is 1. The maximum atomic E-state index is 11.3. The standard InChI is InChI=1S/C24H28O5/c1-3-5-12-28-20-9-6-17(7-10-20)14-21-16-19-13-18(8-11-22(19)29-21)15-23(24(25)26)27-4-2/h6-11,13,16,23H,3-5,12,14-15H2,1-2H3,(H,25,26). The minimum absolute atomic E-state index is 0.332. The molecule has 1 aromatic heterocycles. The highest BCUT2D eigenvalue weighted by molar-refractivity contribution is 5.79. The molecule has 0 saturated heterocycles. The van der Waals surface area contributed by atoms with Crippen LogP contribution < -0.4 is 4.74 Å². The normalized spacial score (nSPS) is 12.2. The van der Waals surface area contributed by atoms with Crippen molar-refractivity contribution < 1.29 is 23.8 Å². The summed E-state index contributed by atoms with van der Waals surface area (Å²) in [6, 6.07) is 15.9. The predicted octanol–water partition coefficient (Wildman–Crippen LogP) is 5.23. The van der Waals surface area contributed by atoms with Crippen LogP contribution in [0.25, 0.3) is 11.0 Å². The lowest BCUT2D eigenvalue weighted by atomic mass is 10.1. The van der Waals surface area contributed by atoms with Gasteiger partial charge >= 0.3 is 5.97 Å². The second-order valence-electron chi connectivity index (χ2n) is 7.09. The van der Waals surface area contributed by atoms with E-state index in [0.29, 0.717) is 19.4 Å². The van der Waals surface area contributed by atoms with Crippen molar-refractivity contribution in [3.63, 3.8) is 0 Å². The fourth-order valence-corrected chi connectivity index (χ4v) is 3.23. The molecule has 0 aliphatic carbocycles. The number of aliphatic carboxylic acids is 1. The monoisotopic (exact) mass is 396 g/mol. The Hall–Kier alpha value is -2.79. The van der Waals surface area contributed by atoms with E-state index in [1.54, 1.807) is 6.92 Å². The van der Waals surface area contributed by atoms with Crippen molar-refractivity contribution >= 4 is 16.9 Å². The largest absolute Gasteiger partial charge is 0.494 e. The quantitative estimate of drug-likeness (QED) is 0.449. The van der Waals surface area contributed by atoms with Gasteiger partial charge in [-0.1, -0.05) is 31.5 Å². The van der Waals surface area contributed by atoms with Crippen molar-refractivity contribution in [2.45, 2.75) is 45.6 Å². The highest BCUT2D eigenvalue weighted by Gasteiger charge is 2.18. The second-order valence-corrected chi connectivity index (χ2v) is 7.09. The molecule has 0 radical (unpaired) electrons. The van der Waals surface area contributed by atoms with Crippen LogP contribution in [0.1, 0.15) is 43.6 Å². The summed E-state index contributed by atoms with van der Waals surface area (Å²) < 4.78 is 17.0. The summed E-state index contributed by atoms with van der Waals surface area (Å²) in [7, 11) is 0. The van der Waals surface area contributed by atoms with Crippen molar-refractivity contribution in [3.05, 3.63) is 65.4 Å². The van der Waals surface area contributed by atoms with Gasteiger partial charge in [0.2, 0.25) is 0 Å². The average molecular weight is 396 g/mol. The van der Waals surface area contributed by atoms with E-state index in [-0.39, 0.29) is 0 Å². The molecule has 0 saturated carbocycles. The average Bonchev–Trinajstić information content (AvgIpc) is 3.10. The maximum Gasteiger partial charge on any atom is 0.333 e. The summed E-state index contributed by atoms with van der Waals surface area (Å²) in [5.41, 5.74) is 2.86. The van der Waals surface area contributed by atoms with E-state index in [0.717, 1.165) is 53.1 Å². The number of furan rings is 1. The van der Waals surface area contributed by atoms with Crippen LogP contribution in [0, 0.1) is 0 Å². The minimum Gasteiger partial charge on any atom is -0.494 e. The lowest BCUT2D eigenvalue weighted by Crippen LogP contribution is -2.26. The molecule has 0 fully saturated rings. The van der Waals surface area contributed by atoms with Crippen molar-refractivity contribution in [2.75, 3.05) is 13.2 Å². The van der Waals surface area contributed by atoms with Gasteiger partial charge in [-0.25, -0.2) is 4.79 Å². The predicted molar refractivity (Wildman–Crippen MR) is 113 cm³/mol. The van der Waals surface area contributed by atoms with Crippen LogP contribution in [0.5, 0.6) is 5.75 Å². The van der Waals surface area contributed by atoms with Gasteiger partial charge in [0.05, 0.1) is 6.61 Å². The molecular weight excluding hydrogens is 368 g/mol. The molecule has 154 valence electrons. The maximum absolute atomic E-state index is 11.3.